The molecule has 0 aromatic carbocycles. The van der Waals surface area contributed by atoms with E-state index < -0.39 is 0 Å². The Hall–Kier alpha value is -0.0400. The van der Waals surface area contributed by atoms with Crippen molar-refractivity contribution in [3.05, 3.63) is 0 Å². The molecule has 0 aromatic rings. The van der Waals surface area contributed by atoms with Crippen molar-refractivity contribution in [1.82, 2.24) is 5.32 Å². The molecule has 1 nitrogen and oxygen atoms in total. The molecule has 1 N–H and O–H groups in total. The van der Waals surface area contributed by atoms with Gasteiger partial charge in [-0.15, -0.1) is 0 Å². The smallest absolute Gasteiger partial charge is 0.000491 e. The number of nitrogens with one attached hydrogen (secondary N) is 1. The van der Waals surface area contributed by atoms with Gasteiger partial charge in [-0.1, -0.05) is 13.3 Å². The Kier molecular flexibility index (Phi) is 1.71. The van der Waals surface area contributed by atoms with Gasteiger partial charge >= 0.3 is 0 Å². The molecular formula is C10H19N. The molecule has 2 bridgehead atoms. The lowest BCUT2D eigenvalue weighted by Crippen LogP contribution is -2.34. The van der Waals surface area contributed by atoms with Crippen molar-refractivity contribution in [1.29, 1.82) is 0 Å². The molecule has 2 aliphatic carbocycles. The molecule has 0 spiro atoms. The van der Waals surface area contributed by atoms with E-state index >= 15 is 0 Å². The quantitative estimate of drug-likeness (QED) is 0.640. The minimum absolute atomic E-state index is 0.650. The Balaban J connectivity index is 2.04. The van der Waals surface area contributed by atoms with Gasteiger partial charge in [-0.3, -0.25) is 0 Å². The van der Waals surface area contributed by atoms with Crippen LogP contribution in [0.25, 0.3) is 0 Å². The third kappa shape index (κ3) is 1.10. The van der Waals surface area contributed by atoms with Crippen molar-refractivity contribution in [2.75, 3.05) is 13.6 Å². The van der Waals surface area contributed by atoms with Gasteiger partial charge in [0.05, 0.1) is 0 Å². The zero-order valence-corrected chi connectivity index (χ0v) is 7.69. The Morgan fingerprint density at radius 1 is 1.45 bits per heavy atom. The summed E-state index contributed by atoms with van der Waals surface area (Å²) < 4.78 is 0. The maximum atomic E-state index is 3.34. The minimum Gasteiger partial charge on any atom is -0.319 e. The SMILES string of the molecule is CNCC1(C)CC2CCC1C2. The van der Waals surface area contributed by atoms with E-state index in [2.05, 4.69) is 19.3 Å². The Labute approximate surface area is 69.6 Å². The fourth-order valence-corrected chi connectivity index (χ4v) is 3.34. The van der Waals surface area contributed by atoms with E-state index in [1.807, 2.05) is 0 Å². The summed E-state index contributed by atoms with van der Waals surface area (Å²) in [6.07, 6.45) is 6.03. The summed E-state index contributed by atoms with van der Waals surface area (Å²) in [6.45, 7) is 3.70. The van der Waals surface area contributed by atoms with E-state index in [-0.39, 0.29) is 0 Å². The predicted octanol–water partition coefficient (Wildman–Crippen LogP) is 2.03. The maximum Gasteiger partial charge on any atom is 0.000491 e. The highest BCUT2D eigenvalue weighted by molar-refractivity contribution is 4.98. The third-order valence-corrected chi connectivity index (χ3v) is 3.86. The first-order valence-corrected chi connectivity index (χ1v) is 4.89. The molecule has 2 saturated carbocycles. The van der Waals surface area contributed by atoms with Crippen LogP contribution in [0.5, 0.6) is 0 Å². The summed E-state index contributed by atoms with van der Waals surface area (Å²) in [6, 6.07) is 0. The standard InChI is InChI=1S/C10H19N/c1-10(7-11-2)6-8-3-4-9(10)5-8/h8-9,11H,3-7H2,1-2H3. The molecule has 3 unspecified atom stereocenters. The average Bonchev–Trinajstić information content (AvgIpc) is 2.45. The van der Waals surface area contributed by atoms with Gasteiger partial charge in [0, 0.05) is 6.54 Å². The molecule has 0 heterocycles. The summed E-state index contributed by atoms with van der Waals surface area (Å²) in [5.41, 5.74) is 0.650. The van der Waals surface area contributed by atoms with Gasteiger partial charge < -0.3 is 5.32 Å². The van der Waals surface area contributed by atoms with Crippen LogP contribution in [0, 0.1) is 17.3 Å². The first-order chi connectivity index (χ1) is 5.24. The zero-order chi connectivity index (χ0) is 7.90. The van der Waals surface area contributed by atoms with E-state index in [9.17, 15) is 0 Å². The molecule has 0 aromatic heterocycles. The monoisotopic (exact) mass is 153 g/mol. The molecular weight excluding hydrogens is 134 g/mol. The van der Waals surface area contributed by atoms with E-state index in [0.717, 1.165) is 11.8 Å². The second-order valence-corrected chi connectivity index (χ2v) is 4.76. The summed E-state index contributed by atoms with van der Waals surface area (Å²) in [4.78, 5) is 0. The number of hydrogen-bond donors (Lipinski definition) is 1. The van der Waals surface area contributed by atoms with Gasteiger partial charge in [0.2, 0.25) is 0 Å². The van der Waals surface area contributed by atoms with Gasteiger partial charge in [0.25, 0.3) is 0 Å². The highest BCUT2D eigenvalue weighted by Crippen LogP contribution is 2.55. The highest BCUT2D eigenvalue weighted by atomic mass is 14.8. The van der Waals surface area contributed by atoms with Crippen molar-refractivity contribution in [3.8, 4) is 0 Å². The van der Waals surface area contributed by atoms with Crippen LogP contribution in [0.1, 0.15) is 32.6 Å². The number of hydrogen-bond acceptors (Lipinski definition) is 1. The van der Waals surface area contributed by atoms with Crippen molar-refractivity contribution >= 4 is 0 Å². The fourth-order valence-electron chi connectivity index (χ4n) is 3.34. The maximum absolute atomic E-state index is 3.34. The second kappa shape index (κ2) is 2.48. The molecule has 0 saturated heterocycles. The van der Waals surface area contributed by atoms with Crippen LogP contribution in [0.15, 0.2) is 0 Å². The largest absolute Gasteiger partial charge is 0.319 e. The van der Waals surface area contributed by atoms with Gasteiger partial charge in [-0.25, -0.2) is 0 Å². The molecule has 0 amide bonds. The van der Waals surface area contributed by atoms with E-state index in [4.69, 9.17) is 0 Å². The molecule has 2 fully saturated rings. The molecule has 11 heavy (non-hydrogen) atoms. The summed E-state index contributed by atoms with van der Waals surface area (Å²) in [7, 11) is 2.08. The summed E-state index contributed by atoms with van der Waals surface area (Å²) in [5, 5.41) is 3.34. The highest BCUT2D eigenvalue weighted by Gasteiger charge is 2.47. The van der Waals surface area contributed by atoms with E-state index in [1.54, 1.807) is 0 Å². The van der Waals surface area contributed by atoms with Crippen LogP contribution in [-0.2, 0) is 0 Å². The van der Waals surface area contributed by atoms with Crippen molar-refractivity contribution in [2.24, 2.45) is 17.3 Å². The molecule has 2 aliphatic rings. The van der Waals surface area contributed by atoms with Crippen LogP contribution in [0.2, 0.25) is 0 Å². The van der Waals surface area contributed by atoms with Gasteiger partial charge in [0.1, 0.15) is 0 Å². The van der Waals surface area contributed by atoms with Gasteiger partial charge in [-0.2, -0.15) is 0 Å². The molecule has 64 valence electrons. The molecule has 0 radical (unpaired) electrons. The zero-order valence-electron chi connectivity index (χ0n) is 7.69. The third-order valence-electron chi connectivity index (χ3n) is 3.86. The van der Waals surface area contributed by atoms with Crippen LogP contribution in [-0.4, -0.2) is 13.6 Å². The lowest BCUT2D eigenvalue weighted by atomic mass is 9.75. The minimum atomic E-state index is 0.650. The Bertz CT molecular complexity index is 155. The normalized spacial score (nSPS) is 48.5. The van der Waals surface area contributed by atoms with Crippen LogP contribution in [0.4, 0.5) is 0 Å². The Morgan fingerprint density at radius 3 is 2.73 bits per heavy atom. The summed E-state index contributed by atoms with van der Waals surface area (Å²) >= 11 is 0. The topological polar surface area (TPSA) is 12.0 Å². The lowest BCUT2D eigenvalue weighted by Gasteiger charge is -2.33. The number of fused-ring (bicyclic) bond motifs is 2. The molecule has 2 rings (SSSR count). The molecule has 0 aliphatic heterocycles. The summed E-state index contributed by atoms with van der Waals surface area (Å²) in [5.74, 6) is 2.12. The average molecular weight is 153 g/mol. The van der Waals surface area contributed by atoms with Crippen LogP contribution < -0.4 is 5.32 Å². The molecule has 1 heteroatoms. The van der Waals surface area contributed by atoms with E-state index in [1.165, 1.54) is 32.2 Å². The van der Waals surface area contributed by atoms with Crippen LogP contribution >= 0.6 is 0 Å². The van der Waals surface area contributed by atoms with Crippen LogP contribution in [0.3, 0.4) is 0 Å². The first kappa shape index (κ1) is 7.60. The van der Waals surface area contributed by atoms with Crippen molar-refractivity contribution < 1.29 is 0 Å². The van der Waals surface area contributed by atoms with Gasteiger partial charge in [-0.05, 0) is 43.6 Å². The number of rotatable bonds is 2. The lowest BCUT2D eigenvalue weighted by molar-refractivity contribution is 0.187. The fraction of sp³-hybridized carbons (Fsp3) is 1.00. The van der Waals surface area contributed by atoms with E-state index in [0.29, 0.717) is 5.41 Å². The molecule has 3 atom stereocenters. The van der Waals surface area contributed by atoms with Crippen molar-refractivity contribution in [3.63, 3.8) is 0 Å². The predicted molar refractivity (Wildman–Crippen MR) is 47.5 cm³/mol. The van der Waals surface area contributed by atoms with Crippen molar-refractivity contribution in [2.45, 2.75) is 32.6 Å². The first-order valence-electron chi connectivity index (χ1n) is 4.89. The second-order valence-electron chi connectivity index (χ2n) is 4.76. The van der Waals surface area contributed by atoms with Gasteiger partial charge in [0.15, 0.2) is 0 Å². The Morgan fingerprint density at radius 2 is 2.27 bits per heavy atom.